The Labute approximate surface area is 98.3 Å². The second-order valence-electron chi connectivity index (χ2n) is 3.31. The average Bonchev–Trinajstić information content (AvgIpc) is 2.36. The summed E-state index contributed by atoms with van der Waals surface area (Å²) in [5.41, 5.74) is 0.530. The lowest BCUT2D eigenvalue weighted by Gasteiger charge is -2.07. The minimum Gasteiger partial charge on any atom is -0.504 e. The molecule has 1 rings (SSSR count). The molecule has 0 heterocycles. The van der Waals surface area contributed by atoms with E-state index in [0.717, 1.165) is 0 Å². The Kier molecular flexibility index (Phi) is 4.31. The van der Waals surface area contributed by atoms with Gasteiger partial charge in [0.2, 0.25) is 0 Å². The molecule has 0 bridgehead atoms. The van der Waals surface area contributed by atoms with Crippen LogP contribution in [0.3, 0.4) is 0 Å². The maximum atomic E-state index is 11.2. The molecule has 0 saturated heterocycles. The van der Waals surface area contributed by atoms with E-state index < -0.39 is 5.97 Å². The third-order valence-electron chi connectivity index (χ3n) is 2.07. The molecule has 0 spiro atoms. The first-order valence-electron chi connectivity index (χ1n) is 4.83. The summed E-state index contributed by atoms with van der Waals surface area (Å²) in [6.07, 6.45) is 0. The molecule has 0 aliphatic carbocycles. The fourth-order valence-corrected chi connectivity index (χ4v) is 1.11. The number of hydrogen-bond donors (Lipinski definition) is 1. The van der Waals surface area contributed by atoms with Crippen LogP contribution in [0.25, 0.3) is 0 Å². The molecule has 0 aromatic heterocycles. The summed E-state index contributed by atoms with van der Waals surface area (Å²) in [4.78, 5) is 21.4. The van der Waals surface area contributed by atoms with Crippen molar-refractivity contribution in [2.45, 2.75) is 13.5 Å². The Morgan fingerprint density at radius 2 is 2.18 bits per heavy atom. The molecule has 1 aromatic carbocycles. The highest BCUT2D eigenvalue weighted by Gasteiger charge is 2.08. The van der Waals surface area contributed by atoms with E-state index in [9.17, 15) is 14.7 Å². The van der Waals surface area contributed by atoms with Crippen molar-refractivity contribution in [3.63, 3.8) is 0 Å². The molecule has 90 valence electrons. The van der Waals surface area contributed by atoms with Crippen LogP contribution in [0.5, 0.6) is 11.5 Å². The van der Waals surface area contributed by atoms with E-state index in [0.29, 0.717) is 11.3 Å². The topological polar surface area (TPSA) is 72.8 Å². The van der Waals surface area contributed by atoms with E-state index >= 15 is 0 Å². The molecule has 17 heavy (non-hydrogen) atoms. The molecule has 1 aromatic rings. The normalized spacial score (nSPS) is 9.29. The van der Waals surface area contributed by atoms with Crippen molar-refractivity contribution in [1.29, 1.82) is 0 Å². The quantitative estimate of drug-likeness (QED) is 0.483. The number of rotatable bonds is 4. The first-order chi connectivity index (χ1) is 8.08. The third-order valence-corrected chi connectivity index (χ3v) is 2.07. The maximum Gasteiger partial charge on any atom is 0.345 e. The molecule has 0 aliphatic heterocycles. The van der Waals surface area contributed by atoms with Gasteiger partial charge in [-0.25, -0.2) is 9.59 Å². The van der Waals surface area contributed by atoms with Crippen LogP contribution >= 0.6 is 0 Å². The third kappa shape index (κ3) is 3.36. The van der Waals surface area contributed by atoms with Crippen molar-refractivity contribution >= 4 is 11.9 Å². The van der Waals surface area contributed by atoms with E-state index in [-0.39, 0.29) is 17.9 Å². The van der Waals surface area contributed by atoms with E-state index in [4.69, 9.17) is 9.47 Å². The van der Waals surface area contributed by atoms with Gasteiger partial charge in [0.1, 0.15) is 18.1 Å². The van der Waals surface area contributed by atoms with Crippen molar-refractivity contribution in [2.75, 3.05) is 7.11 Å². The van der Waals surface area contributed by atoms with Crippen LogP contribution in [0.4, 0.5) is 0 Å². The smallest absolute Gasteiger partial charge is 0.345 e. The summed E-state index contributed by atoms with van der Waals surface area (Å²) in [5, 5.41) is 9.35. The molecule has 0 unspecified atom stereocenters. The van der Waals surface area contributed by atoms with Gasteiger partial charge in [0.15, 0.2) is 11.5 Å². The van der Waals surface area contributed by atoms with Gasteiger partial charge in [-0.2, -0.15) is 0 Å². The molecular weight excluding hydrogens is 224 g/mol. The molecule has 0 atom stereocenters. The Hall–Kier alpha value is -2.26. The van der Waals surface area contributed by atoms with Crippen LogP contribution in [0.2, 0.25) is 0 Å². The van der Waals surface area contributed by atoms with Gasteiger partial charge in [0.25, 0.3) is 0 Å². The van der Waals surface area contributed by atoms with Crippen LogP contribution in [-0.4, -0.2) is 24.1 Å². The molecule has 0 aliphatic rings. The molecule has 0 saturated carbocycles. The highest BCUT2D eigenvalue weighted by molar-refractivity contribution is 5.95. The first-order valence-corrected chi connectivity index (χ1v) is 4.83. The minimum absolute atomic E-state index is 0.00546. The lowest BCUT2D eigenvalue weighted by Crippen LogP contribution is -2.06. The van der Waals surface area contributed by atoms with Gasteiger partial charge in [-0.3, -0.25) is 0 Å². The van der Waals surface area contributed by atoms with Crippen LogP contribution in [0.1, 0.15) is 12.5 Å². The van der Waals surface area contributed by atoms with Gasteiger partial charge < -0.3 is 14.6 Å². The number of phenols is 1. The number of aromatic hydroxyl groups is 1. The molecule has 5 nitrogen and oxygen atoms in total. The van der Waals surface area contributed by atoms with Crippen LogP contribution < -0.4 is 4.74 Å². The average molecular weight is 236 g/mol. The first kappa shape index (κ1) is 12.8. The van der Waals surface area contributed by atoms with Crippen molar-refractivity contribution in [2.24, 2.45) is 0 Å². The zero-order chi connectivity index (χ0) is 12.8. The largest absolute Gasteiger partial charge is 0.504 e. The number of carbonyl (C=O) groups excluding carboxylic acids is 2. The Morgan fingerprint density at radius 3 is 2.76 bits per heavy atom. The summed E-state index contributed by atoms with van der Waals surface area (Å²) in [6.45, 7) is 1.32. The van der Waals surface area contributed by atoms with Gasteiger partial charge in [0.05, 0.1) is 7.11 Å². The van der Waals surface area contributed by atoms with Crippen molar-refractivity contribution in [3.05, 3.63) is 29.3 Å². The predicted octanol–water partition coefficient (Wildman–Crippen LogP) is 1.22. The van der Waals surface area contributed by atoms with Crippen LogP contribution in [-0.2, 0) is 20.9 Å². The predicted molar refractivity (Wildman–Crippen MR) is 59.3 cm³/mol. The molecule has 5 heteroatoms. The summed E-state index contributed by atoms with van der Waals surface area (Å²) < 4.78 is 9.75. The monoisotopic (exact) mass is 236 g/mol. The lowest BCUT2D eigenvalue weighted by atomic mass is 10.2. The Bertz CT molecular complexity index is 472. The number of carbonyl (C=O) groups is 1. The van der Waals surface area contributed by atoms with E-state index in [1.165, 1.54) is 26.0 Å². The Morgan fingerprint density at radius 1 is 1.47 bits per heavy atom. The second-order valence-corrected chi connectivity index (χ2v) is 3.31. The fourth-order valence-electron chi connectivity index (χ4n) is 1.11. The highest BCUT2D eigenvalue weighted by atomic mass is 16.5. The van der Waals surface area contributed by atoms with E-state index in [1.54, 1.807) is 12.1 Å². The zero-order valence-corrected chi connectivity index (χ0v) is 9.52. The zero-order valence-electron chi connectivity index (χ0n) is 9.52. The van der Waals surface area contributed by atoms with E-state index in [1.807, 2.05) is 0 Å². The lowest BCUT2D eigenvalue weighted by molar-refractivity contribution is -0.140. The van der Waals surface area contributed by atoms with Gasteiger partial charge >= 0.3 is 5.97 Å². The number of benzene rings is 1. The molecule has 1 N–H and O–H groups in total. The van der Waals surface area contributed by atoms with Crippen LogP contribution in [0, 0.1) is 0 Å². The van der Waals surface area contributed by atoms with Gasteiger partial charge in [0, 0.05) is 0 Å². The van der Waals surface area contributed by atoms with E-state index in [2.05, 4.69) is 0 Å². The van der Waals surface area contributed by atoms with Gasteiger partial charge in [-0.05, 0) is 24.6 Å². The number of ether oxygens (including phenoxy) is 2. The van der Waals surface area contributed by atoms with Gasteiger partial charge in [-0.1, -0.05) is 6.07 Å². The fraction of sp³-hybridized carbons (Fsp3) is 0.250. The van der Waals surface area contributed by atoms with Crippen LogP contribution in [0.15, 0.2) is 23.8 Å². The van der Waals surface area contributed by atoms with Gasteiger partial charge in [-0.15, -0.1) is 0 Å². The molecule has 0 fully saturated rings. The highest BCUT2D eigenvalue weighted by Crippen LogP contribution is 2.26. The van der Waals surface area contributed by atoms with Crippen molar-refractivity contribution < 1.29 is 24.2 Å². The number of phenolic OH excluding ortho intramolecular Hbond substituents is 1. The SMILES string of the molecule is COc1cc(COC(=O)C(C)=C=O)ccc1O. The maximum absolute atomic E-state index is 11.2. The summed E-state index contributed by atoms with van der Waals surface area (Å²) >= 11 is 0. The second kappa shape index (κ2) is 5.72. The number of hydrogen-bond acceptors (Lipinski definition) is 5. The number of methoxy groups -OCH3 is 1. The summed E-state index contributed by atoms with van der Waals surface area (Å²) in [6, 6.07) is 4.57. The summed E-state index contributed by atoms with van der Waals surface area (Å²) in [5.74, 6) is 1.04. The van der Waals surface area contributed by atoms with Crippen molar-refractivity contribution in [1.82, 2.24) is 0 Å². The minimum atomic E-state index is -0.716. The standard InChI is InChI=1S/C12H12O5/c1-8(6-13)12(15)17-7-9-3-4-10(14)11(5-9)16-2/h3-5,14H,7H2,1-2H3. The Balaban J connectivity index is 2.70. The van der Waals surface area contributed by atoms with Crippen molar-refractivity contribution in [3.8, 4) is 11.5 Å². The molecular formula is C12H12O5. The molecule has 0 amide bonds. The molecule has 0 radical (unpaired) electrons. The summed E-state index contributed by atoms with van der Waals surface area (Å²) in [7, 11) is 1.42. The number of esters is 1.